The minimum absolute atomic E-state index is 0.580. The van der Waals surface area contributed by atoms with Gasteiger partial charge in [0, 0.05) is 67.5 Å². The fourth-order valence-electron chi connectivity index (χ4n) is 4.23. The van der Waals surface area contributed by atoms with Gasteiger partial charge in [0.15, 0.2) is 0 Å². The molecule has 180 valence electrons. The van der Waals surface area contributed by atoms with Crippen molar-refractivity contribution in [1.29, 1.82) is 0 Å². The van der Waals surface area contributed by atoms with Gasteiger partial charge < -0.3 is 24.1 Å². The number of aryl methyl sites for hydroxylation is 1. The van der Waals surface area contributed by atoms with Crippen LogP contribution in [0.15, 0.2) is 41.6 Å². The molecule has 1 aromatic carbocycles. The molecular formula is C25H32N6O3. The summed E-state index contributed by atoms with van der Waals surface area (Å²) in [6.45, 7) is 9.99. The molecule has 9 nitrogen and oxygen atoms in total. The number of fused-ring (bicyclic) bond motifs is 1. The Morgan fingerprint density at radius 1 is 1.09 bits per heavy atom. The van der Waals surface area contributed by atoms with Gasteiger partial charge in [-0.15, -0.1) is 0 Å². The molecular weight excluding hydrogens is 432 g/mol. The number of rotatable bonds is 8. The maximum Gasteiger partial charge on any atom is 0.217 e. The Labute approximate surface area is 199 Å². The van der Waals surface area contributed by atoms with Gasteiger partial charge in [0.25, 0.3) is 0 Å². The second-order valence-electron chi connectivity index (χ2n) is 8.62. The van der Waals surface area contributed by atoms with Gasteiger partial charge in [-0.3, -0.25) is 10.3 Å². The van der Waals surface area contributed by atoms with E-state index < -0.39 is 0 Å². The van der Waals surface area contributed by atoms with Crippen LogP contribution < -0.4 is 15.1 Å². The number of hydrogen-bond acceptors (Lipinski definition) is 8. The van der Waals surface area contributed by atoms with E-state index in [0.717, 1.165) is 73.9 Å². The Hall–Kier alpha value is -3.14. The molecule has 0 unspecified atom stereocenters. The number of H-pyrrole nitrogens is 1. The fourth-order valence-corrected chi connectivity index (χ4v) is 4.23. The molecule has 2 aliphatic rings. The highest BCUT2D eigenvalue weighted by atomic mass is 16.5. The number of nitrogens with one attached hydrogen (secondary N) is 2. The van der Waals surface area contributed by atoms with E-state index in [4.69, 9.17) is 19.2 Å². The van der Waals surface area contributed by atoms with E-state index in [-0.39, 0.29) is 0 Å². The molecule has 2 aliphatic heterocycles. The Kier molecular flexibility index (Phi) is 7.23. The van der Waals surface area contributed by atoms with Gasteiger partial charge in [0.2, 0.25) is 5.88 Å². The predicted molar refractivity (Wildman–Crippen MR) is 134 cm³/mol. The molecule has 2 aromatic heterocycles. The molecule has 2 fully saturated rings. The molecule has 0 atom stereocenters. The average Bonchev–Trinajstić information content (AvgIpc) is 3.27. The summed E-state index contributed by atoms with van der Waals surface area (Å²) < 4.78 is 17.0. The highest BCUT2D eigenvalue weighted by Gasteiger charge is 2.15. The molecule has 0 aliphatic carbocycles. The van der Waals surface area contributed by atoms with Crippen molar-refractivity contribution in [3.63, 3.8) is 0 Å². The summed E-state index contributed by atoms with van der Waals surface area (Å²) in [5.41, 5.74) is 7.38. The minimum atomic E-state index is 0.580. The lowest BCUT2D eigenvalue weighted by molar-refractivity contribution is 0.0320. The first-order chi connectivity index (χ1) is 16.7. The van der Waals surface area contributed by atoms with Crippen molar-refractivity contribution < 1.29 is 14.2 Å². The number of hydrazone groups is 1. The quantitative estimate of drug-likeness (QED) is 0.392. The summed E-state index contributed by atoms with van der Waals surface area (Å²) >= 11 is 0. The normalized spacial score (nSPS) is 17.5. The van der Waals surface area contributed by atoms with E-state index in [1.54, 1.807) is 0 Å². The van der Waals surface area contributed by atoms with Gasteiger partial charge >= 0.3 is 0 Å². The second kappa shape index (κ2) is 10.9. The Morgan fingerprint density at radius 2 is 1.88 bits per heavy atom. The number of anilines is 2. The summed E-state index contributed by atoms with van der Waals surface area (Å²) in [5, 5.41) is 5.64. The molecule has 2 N–H and O–H groups in total. The number of aromatic nitrogens is 2. The lowest BCUT2D eigenvalue weighted by Gasteiger charge is -2.28. The highest BCUT2D eigenvalue weighted by Crippen LogP contribution is 2.24. The zero-order valence-corrected chi connectivity index (χ0v) is 19.6. The molecule has 0 saturated carbocycles. The van der Waals surface area contributed by atoms with Gasteiger partial charge in [-0.25, -0.2) is 0 Å². The third-order valence-corrected chi connectivity index (χ3v) is 6.15. The lowest BCUT2D eigenvalue weighted by Crippen LogP contribution is -2.38. The smallest absolute Gasteiger partial charge is 0.217 e. The standard InChI is InChI=1S/C25H32N6O3/c1-19-2-3-22-20(17-26-23(22)14-19)18-27-29-21-15-24(31-7-11-33-12-8-31)28-25(16-21)34-13-6-30-4-9-32-10-5-30/h2-3,14-18,26H,4-13H2,1H3,(H,28,29)/b27-18+. The summed E-state index contributed by atoms with van der Waals surface area (Å²) in [6.07, 6.45) is 3.81. The molecule has 0 amide bonds. The predicted octanol–water partition coefficient (Wildman–Crippen LogP) is 2.86. The van der Waals surface area contributed by atoms with E-state index >= 15 is 0 Å². The molecule has 9 heteroatoms. The van der Waals surface area contributed by atoms with Crippen molar-refractivity contribution >= 4 is 28.6 Å². The summed E-state index contributed by atoms with van der Waals surface area (Å²) in [7, 11) is 0. The van der Waals surface area contributed by atoms with Crippen LogP contribution in [0, 0.1) is 6.92 Å². The number of nitrogens with zero attached hydrogens (tertiary/aromatic N) is 4. The largest absolute Gasteiger partial charge is 0.476 e. The Bertz CT molecular complexity index is 1120. The van der Waals surface area contributed by atoms with Gasteiger partial charge in [-0.05, 0) is 18.6 Å². The first-order valence-electron chi connectivity index (χ1n) is 11.9. The van der Waals surface area contributed by atoms with Crippen molar-refractivity contribution in [2.75, 3.05) is 76.1 Å². The van der Waals surface area contributed by atoms with E-state index in [2.05, 4.69) is 50.4 Å². The zero-order chi connectivity index (χ0) is 23.2. The molecule has 0 spiro atoms. The van der Waals surface area contributed by atoms with Gasteiger partial charge in [-0.2, -0.15) is 10.1 Å². The zero-order valence-electron chi connectivity index (χ0n) is 19.6. The average molecular weight is 465 g/mol. The van der Waals surface area contributed by atoms with Crippen LogP contribution in [0.2, 0.25) is 0 Å². The molecule has 3 aromatic rings. The van der Waals surface area contributed by atoms with Crippen LogP contribution in [0.5, 0.6) is 5.88 Å². The topological polar surface area (TPSA) is 87.2 Å². The van der Waals surface area contributed by atoms with Crippen molar-refractivity contribution in [1.82, 2.24) is 14.9 Å². The molecule has 34 heavy (non-hydrogen) atoms. The Morgan fingerprint density at radius 3 is 2.71 bits per heavy atom. The molecule has 4 heterocycles. The number of morpholine rings is 2. The SMILES string of the molecule is Cc1ccc2c(/C=N/Nc3cc(OCCN4CCOCC4)nc(N4CCOCC4)c3)c[nH]c2c1. The number of benzene rings is 1. The molecule has 2 saturated heterocycles. The minimum Gasteiger partial charge on any atom is -0.476 e. The van der Waals surface area contributed by atoms with Crippen LogP contribution >= 0.6 is 0 Å². The summed E-state index contributed by atoms with van der Waals surface area (Å²) in [6, 6.07) is 10.3. The second-order valence-corrected chi connectivity index (χ2v) is 8.62. The first-order valence-corrected chi connectivity index (χ1v) is 11.9. The van der Waals surface area contributed by atoms with Crippen LogP contribution in [-0.2, 0) is 9.47 Å². The van der Waals surface area contributed by atoms with Crippen molar-refractivity contribution in [2.24, 2.45) is 5.10 Å². The maximum atomic E-state index is 6.05. The van der Waals surface area contributed by atoms with Crippen molar-refractivity contribution in [3.8, 4) is 5.88 Å². The van der Waals surface area contributed by atoms with Crippen LogP contribution in [-0.4, -0.2) is 86.8 Å². The molecule has 0 radical (unpaired) electrons. The Balaban J connectivity index is 1.29. The molecule has 5 rings (SSSR count). The number of ether oxygens (including phenoxy) is 3. The van der Waals surface area contributed by atoms with Gasteiger partial charge in [-0.1, -0.05) is 12.1 Å². The van der Waals surface area contributed by atoms with E-state index in [9.17, 15) is 0 Å². The number of hydrogen-bond donors (Lipinski definition) is 2. The number of pyridine rings is 1. The third-order valence-electron chi connectivity index (χ3n) is 6.15. The van der Waals surface area contributed by atoms with Crippen LogP contribution in [0.25, 0.3) is 10.9 Å². The van der Waals surface area contributed by atoms with E-state index in [1.807, 2.05) is 24.5 Å². The first kappa shape index (κ1) is 22.6. The van der Waals surface area contributed by atoms with Crippen LogP contribution in [0.3, 0.4) is 0 Å². The van der Waals surface area contributed by atoms with Crippen LogP contribution in [0.4, 0.5) is 11.5 Å². The maximum absolute atomic E-state index is 6.05. The fraction of sp³-hybridized carbons (Fsp3) is 0.440. The molecule has 0 bridgehead atoms. The van der Waals surface area contributed by atoms with Crippen molar-refractivity contribution in [2.45, 2.75) is 6.92 Å². The van der Waals surface area contributed by atoms with Crippen molar-refractivity contribution in [3.05, 3.63) is 47.7 Å². The van der Waals surface area contributed by atoms with Gasteiger partial charge in [0.05, 0.1) is 38.3 Å². The summed E-state index contributed by atoms with van der Waals surface area (Å²) in [4.78, 5) is 12.6. The highest BCUT2D eigenvalue weighted by molar-refractivity contribution is 5.99. The van der Waals surface area contributed by atoms with E-state index in [1.165, 1.54) is 5.56 Å². The number of aromatic amines is 1. The lowest BCUT2D eigenvalue weighted by atomic mass is 10.1. The third kappa shape index (κ3) is 5.67. The van der Waals surface area contributed by atoms with Gasteiger partial charge in [0.1, 0.15) is 12.4 Å². The summed E-state index contributed by atoms with van der Waals surface area (Å²) in [5.74, 6) is 1.46. The van der Waals surface area contributed by atoms with Crippen LogP contribution in [0.1, 0.15) is 11.1 Å². The monoisotopic (exact) mass is 464 g/mol. The van der Waals surface area contributed by atoms with E-state index in [0.29, 0.717) is 25.7 Å².